The summed E-state index contributed by atoms with van der Waals surface area (Å²) in [6, 6.07) is 32.9. The van der Waals surface area contributed by atoms with Crippen LogP contribution in [0.1, 0.15) is 26.2 Å². The first kappa shape index (κ1) is 20.3. The maximum Gasteiger partial charge on any atom is 0.302 e. The highest BCUT2D eigenvalue weighted by Crippen LogP contribution is 2.55. The van der Waals surface area contributed by atoms with Gasteiger partial charge in [-0.3, -0.25) is 4.79 Å². The van der Waals surface area contributed by atoms with Crippen LogP contribution in [-0.2, 0) is 9.53 Å². The van der Waals surface area contributed by atoms with E-state index in [1.165, 1.54) is 22.8 Å². The van der Waals surface area contributed by atoms with E-state index in [1.54, 1.807) is 0 Å². The lowest BCUT2D eigenvalue weighted by atomic mass is 10.3. The Labute approximate surface area is 168 Å². The van der Waals surface area contributed by atoms with Crippen LogP contribution in [0.3, 0.4) is 0 Å². The minimum absolute atomic E-state index is 0.195. The minimum atomic E-state index is -1.73. The van der Waals surface area contributed by atoms with Gasteiger partial charge in [0.2, 0.25) is 0 Å². The van der Waals surface area contributed by atoms with Gasteiger partial charge < -0.3 is 4.74 Å². The van der Waals surface area contributed by atoms with Crippen molar-refractivity contribution < 1.29 is 9.53 Å². The van der Waals surface area contributed by atoms with Crippen molar-refractivity contribution in [2.45, 2.75) is 26.2 Å². The maximum atomic E-state index is 11.0. The zero-order chi connectivity index (χ0) is 19.7. The summed E-state index contributed by atoms with van der Waals surface area (Å²) >= 11 is 0. The van der Waals surface area contributed by atoms with Crippen LogP contribution in [0.2, 0.25) is 0 Å². The molecule has 3 heteroatoms. The summed E-state index contributed by atoms with van der Waals surface area (Å²) in [7, 11) is -1.73. The number of ether oxygens (including phenoxy) is 1. The van der Waals surface area contributed by atoms with Crippen LogP contribution in [0.4, 0.5) is 0 Å². The summed E-state index contributed by atoms with van der Waals surface area (Å²) in [5, 5.41) is 4.27. The van der Waals surface area contributed by atoms with Gasteiger partial charge in [-0.1, -0.05) is 54.6 Å². The molecule has 0 aliphatic rings. The second kappa shape index (κ2) is 10.2. The van der Waals surface area contributed by atoms with Crippen molar-refractivity contribution in [2.75, 3.05) is 12.8 Å². The van der Waals surface area contributed by atoms with Crippen LogP contribution >= 0.6 is 7.26 Å². The molecule has 0 spiro atoms. The van der Waals surface area contributed by atoms with E-state index in [9.17, 15) is 4.79 Å². The number of esters is 1. The van der Waals surface area contributed by atoms with Crippen molar-refractivity contribution in [3.8, 4) is 0 Å². The molecule has 0 radical (unpaired) electrons. The number of benzene rings is 3. The summed E-state index contributed by atoms with van der Waals surface area (Å²) < 4.78 is 5.10. The molecule has 3 aromatic carbocycles. The van der Waals surface area contributed by atoms with Gasteiger partial charge in [-0.05, 0) is 55.7 Å². The lowest BCUT2D eigenvalue weighted by Crippen LogP contribution is -2.33. The Morgan fingerprint density at radius 3 is 1.50 bits per heavy atom. The molecule has 2 nitrogen and oxygen atoms in total. The molecule has 0 atom stereocenters. The van der Waals surface area contributed by atoms with Crippen molar-refractivity contribution in [3.05, 3.63) is 91.0 Å². The van der Waals surface area contributed by atoms with E-state index in [2.05, 4.69) is 91.0 Å². The molecule has 144 valence electrons. The lowest BCUT2D eigenvalue weighted by Gasteiger charge is -2.27. The molecule has 3 rings (SSSR count). The highest BCUT2D eigenvalue weighted by atomic mass is 31.2. The van der Waals surface area contributed by atoms with Crippen molar-refractivity contribution in [1.82, 2.24) is 0 Å². The number of hydrogen-bond acceptors (Lipinski definition) is 2. The molecule has 0 saturated heterocycles. The van der Waals surface area contributed by atoms with Crippen LogP contribution in [0.15, 0.2) is 91.0 Å². The van der Waals surface area contributed by atoms with Crippen LogP contribution < -0.4 is 15.9 Å². The average Bonchev–Trinajstić information content (AvgIpc) is 2.75. The molecule has 0 N–H and O–H groups in total. The first-order valence-corrected chi connectivity index (χ1v) is 11.9. The van der Waals surface area contributed by atoms with Gasteiger partial charge in [0.05, 0.1) is 12.8 Å². The fraction of sp³-hybridized carbons (Fsp3) is 0.240. The summed E-state index contributed by atoms with van der Waals surface area (Å²) in [5.74, 6) is -0.195. The molecule has 0 heterocycles. The fourth-order valence-electron chi connectivity index (χ4n) is 3.73. The standard InChI is InChI=1S/C25H28O2P/c1-22(26)27-20-12-5-13-21-28(23-14-6-2-7-15-23,24-16-8-3-9-17-24)25-18-10-4-11-19-25/h2-4,6-11,14-19H,5,12-13,20-21H2,1H3/q+1. The minimum Gasteiger partial charge on any atom is -0.466 e. The van der Waals surface area contributed by atoms with E-state index in [0.717, 1.165) is 25.4 Å². The van der Waals surface area contributed by atoms with Gasteiger partial charge in [0.25, 0.3) is 0 Å². The largest absolute Gasteiger partial charge is 0.466 e. The molecule has 0 aliphatic carbocycles. The van der Waals surface area contributed by atoms with Gasteiger partial charge in [0.15, 0.2) is 0 Å². The Morgan fingerprint density at radius 1 is 0.679 bits per heavy atom. The normalized spacial score (nSPS) is 11.2. The number of hydrogen-bond donors (Lipinski definition) is 0. The average molecular weight is 391 g/mol. The molecule has 0 amide bonds. The monoisotopic (exact) mass is 391 g/mol. The molecule has 0 unspecified atom stereocenters. The molecular weight excluding hydrogens is 363 g/mol. The maximum absolute atomic E-state index is 11.0. The highest BCUT2D eigenvalue weighted by Gasteiger charge is 2.44. The lowest BCUT2D eigenvalue weighted by molar-refractivity contribution is -0.141. The van der Waals surface area contributed by atoms with E-state index >= 15 is 0 Å². The molecule has 28 heavy (non-hydrogen) atoms. The van der Waals surface area contributed by atoms with Crippen LogP contribution in [0.5, 0.6) is 0 Å². The number of unbranched alkanes of at least 4 members (excludes halogenated alkanes) is 2. The Hall–Kier alpha value is -2.44. The summed E-state index contributed by atoms with van der Waals surface area (Å²) in [6.45, 7) is 1.99. The molecule has 0 bridgehead atoms. The van der Waals surface area contributed by atoms with Gasteiger partial charge in [-0.2, -0.15) is 0 Å². The third kappa shape index (κ3) is 4.88. The zero-order valence-electron chi connectivity index (χ0n) is 16.5. The van der Waals surface area contributed by atoms with Crippen LogP contribution in [0, 0.1) is 0 Å². The van der Waals surface area contributed by atoms with Gasteiger partial charge >= 0.3 is 5.97 Å². The Bertz CT molecular complexity index is 751. The highest BCUT2D eigenvalue weighted by molar-refractivity contribution is 7.95. The molecule has 0 fully saturated rings. The topological polar surface area (TPSA) is 26.3 Å². The second-order valence-electron chi connectivity index (χ2n) is 6.94. The number of carbonyl (C=O) groups is 1. The number of carbonyl (C=O) groups excluding carboxylic acids is 1. The Balaban J connectivity index is 1.94. The molecule has 0 aromatic heterocycles. The first-order chi connectivity index (χ1) is 13.7. The van der Waals surface area contributed by atoms with Crippen molar-refractivity contribution in [3.63, 3.8) is 0 Å². The van der Waals surface area contributed by atoms with E-state index in [0.29, 0.717) is 6.61 Å². The second-order valence-corrected chi connectivity index (χ2v) is 10.6. The zero-order valence-corrected chi connectivity index (χ0v) is 17.4. The Morgan fingerprint density at radius 2 is 1.11 bits per heavy atom. The predicted molar refractivity (Wildman–Crippen MR) is 120 cm³/mol. The van der Waals surface area contributed by atoms with Gasteiger partial charge in [0, 0.05) is 6.92 Å². The summed E-state index contributed by atoms with van der Waals surface area (Å²) in [6.07, 6.45) is 4.19. The molecule has 0 aliphatic heterocycles. The molecule has 3 aromatic rings. The van der Waals surface area contributed by atoms with E-state index in [4.69, 9.17) is 4.74 Å². The predicted octanol–water partition coefficient (Wildman–Crippen LogP) is 4.71. The fourth-order valence-corrected chi connectivity index (χ4v) is 8.14. The molecular formula is C25H28O2P+. The SMILES string of the molecule is CC(=O)OCCCCC[P+](c1ccccc1)(c1ccccc1)c1ccccc1. The summed E-state index contributed by atoms with van der Waals surface area (Å²) in [4.78, 5) is 11.0. The molecule has 0 saturated carbocycles. The third-order valence-electron chi connectivity index (χ3n) is 5.03. The van der Waals surface area contributed by atoms with E-state index in [1.807, 2.05) is 0 Å². The van der Waals surface area contributed by atoms with Crippen LogP contribution in [-0.4, -0.2) is 18.7 Å². The van der Waals surface area contributed by atoms with Gasteiger partial charge in [-0.25, -0.2) is 0 Å². The number of rotatable bonds is 9. The van der Waals surface area contributed by atoms with Gasteiger partial charge in [0.1, 0.15) is 23.2 Å². The van der Waals surface area contributed by atoms with Gasteiger partial charge in [-0.15, -0.1) is 0 Å². The van der Waals surface area contributed by atoms with Crippen molar-refractivity contribution >= 4 is 29.1 Å². The van der Waals surface area contributed by atoms with E-state index in [-0.39, 0.29) is 5.97 Å². The third-order valence-corrected chi connectivity index (χ3v) is 9.56. The summed E-state index contributed by atoms with van der Waals surface area (Å²) in [5.41, 5.74) is 0. The Kier molecular flexibility index (Phi) is 7.39. The first-order valence-electron chi connectivity index (χ1n) is 9.92. The van der Waals surface area contributed by atoms with E-state index < -0.39 is 7.26 Å². The van der Waals surface area contributed by atoms with Crippen LogP contribution in [0.25, 0.3) is 0 Å². The van der Waals surface area contributed by atoms with Crippen molar-refractivity contribution in [2.24, 2.45) is 0 Å². The smallest absolute Gasteiger partial charge is 0.302 e. The van der Waals surface area contributed by atoms with Crippen molar-refractivity contribution in [1.29, 1.82) is 0 Å². The quantitative estimate of drug-likeness (QED) is 0.300.